The van der Waals surface area contributed by atoms with Gasteiger partial charge in [0.05, 0.1) is 13.7 Å². The maximum absolute atomic E-state index is 5.04. The summed E-state index contributed by atoms with van der Waals surface area (Å²) in [6.45, 7) is 4.33. The van der Waals surface area contributed by atoms with E-state index in [0.29, 0.717) is 24.1 Å². The van der Waals surface area contributed by atoms with Crippen LogP contribution in [0, 0.1) is 13.8 Å². The Hall–Kier alpha value is -2.11. The van der Waals surface area contributed by atoms with Crippen LogP contribution in [0.2, 0.25) is 0 Å². The molecule has 0 aliphatic rings. The highest BCUT2D eigenvalue weighted by atomic mass is 16.5. The van der Waals surface area contributed by atoms with Crippen molar-refractivity contribution < 1.29 is 9.26 Å². The van der Waals surface area contributed by atoms with Crippen molar-refractivity contribution in [3.63, 3.8) is 0 Å². The molecule has 2 heterocycles. The molecule has 90 valence electrons. The molecule has 0 saturated heterocycles. The third-order valence-corrected chi connectivity index (χ3v) is 2.15. The molecule has 2 aromatic rings. The lowest BCUT2D eigenvalue weighted by molar-refractivity contribution is 0.328. The number of aryl methyl sites for hydroxylation is 2. The van der Waals surface area contributed by atoms with Crippen LogP contribution in [-0.4, -0.2) is 22.2 Å². The van der Waals surface area contributed by atoms with Gasteiger partial charge in [0.1, 0.15) is 0 Å². The molecule has 0 saturated carbocycles. The van der Waals surface area contributed by atoms with Crippen molar-refractivity contribution in [1.82, 2.24) is 15.1 Å². The Morgan fingerprint density at radius 3 is 2.53 bits per heavy atom. The Morgan fingerprint density at radius 1 is 1.24 bits per heavy atom. The van der Waals surface area contributed by atoms with Crippen LogP contribution < -0.4 is 10.1 Å². The average molecular weight is 234 g/mol. The molecule has 0 atom stereocenters. The fourth-order valence-corrected chi connectivity index (χ4v) is 1.44. The molecule has 1 N–H and O–H groups in total. The first-order valence-corrected chi connectivity index (χ1v) is 5.23. The number of aromatic nitrogens is 3. The van der Waals surface area contributed by atoms with Crippen LogP contribution in [0.15, 0.2) is 16.7 Å². The third kappa shape index (κ3) is 2.93. The molecule has 0 unspecified atom stereocenters. The molecule has 2 rings (SSSR count). The van der Waals surface area contributed by atoms with Gasteiger partial charge in [-0.1, -0.05) is 0 Å². The van der Waals surface area contributed by atoms with Gasteiger partial charge in [-0.2, -0.15) is 0 Å². The van der Waals surface area contributed by atoms with Crippen LogP contribution in [0.4, 0.5) is 5.95 Å². The average Bonchev–Trinajstić information content (AvgIpc) is 2.73. The van der Waals surface area contributed by atoms with E-state index >= 15 is 0 Å². The van der Waals surface area contributed by atoms with Crippen molar-refractivity contribution in [2.75, 3.05) is 12.4 Å². The summed E-state index contributed by atoms with van der Waals surface area (Å²) in [5, 5.41) is 6.77. The normalized spacial score (nSPS) is 10.3. The Bertz CT molecular complexity index is 490. The fourth-order valence-electron chi connectivity index (χ4n) is 1.44. The summed E-state index contributed by atoms with van der Waals surface area (Å²) in [6.07, 6.45) is 0. The molecule has 0 fully saturated rings. The topological polar surface area (TPSA) is 73.1 Å². The maximum Gasteiger partial charge on any atom is 0.254 e. The van der Waals surface area contributed by atoms with Gasteiger partial charge in [0.25, 0.3) is 5.88 Å². The van der Waals surface area contributed by atoms with Crippen LogP contribution in [0.5, 0.6) is 5.88 Å². The highest BCUT2D eigenvalue weighted by molar-refractivity contribution is 5.28. The van der Waals surface area contributed by atoms with Gasteiger partial charge in [0.2, 0.25) is 5.95 Å². The Labute approximate surface area is 99.0 Å². The Kier molecular flexibility index (Phi) is 3.22. The molecule has 2 aromatic heterocycles. The van der Waals surface area contributed by atoms with E-state index in [1.54, 1.807) is 13.2 Å². The van der Waals surface area contributed by atoms with Crippen LogP contribution >= 0.6 is 0 Å². The summed E-state index contributed by atoms with van der Waals surface area (Å²) in [6, 6.07) is 3.64. The Morgan fingerprint density at radius 2 is 1.94 bits per heavy atom. The van der Waals surface area contributed by atoms with Gasteiger partial charge in [0.15, 0.2) is 5.76 Å². The standard InChI is InChI=1S/C11H14N4O2/c1-7-4-8(2)14-11(13-7)12-6-9-5-10(16-3)15-17-9/h4-5H,6H2,1-3H3,(H,12,13,14). The van der Waals surface area contributed by atoms with E-state index in [4.69, 9.17) is 9.26 Å². The van der Waals surface area contributed by atoms with E-state index in [1.165, 1.54) is 0 Å². The van der Waals surface area contributed by atoms with Crippen LogP contribution in [0.3, 0.4) is 0 Å². The zero-order valence-electron chi connectivity index (χ0n) is 10.0. The van der Waals surface area contributed by atoms with Gasteiger partial charge >= 0.3 is 0 Å². The first-order chi connectivity index (χ1) is 8.17. The lowest BCUT2D eigenvalue weighted by atomic mass is 10.3. The van der Waals surface area contributed by atoms with E-state index in [1.807, 2.05) is 19.9 Å². The second kappa shape index (κ2) is 4.82. The number of nitrogens with one attached hydrogen (secondary N) is 1. The van der Waals surface area contributed by atoms with Gasteiger partial charge in [0, 0.05) is 17.5 Å². The second-order valence-corrected chi connectivity index (χ2v) is 3.66. The quantitative estimate of drug-likeness (QED) is 0.868. The number of ether oxygens (including phenoxy) is 1. The highest BCUT2D eigenvalue weighted by Crippen LogP contribution is 2.12. The molecule has 0 aromatic carbocycles. The molecule has 0 bridgehead atoms. The summed E-state index contributed by atoms with van der Waals surface area (Å²) >= 11 is 0. The molecule has 0 amide bonds. The van der Waals surface area contributed by atoms with Crippen LogP contribution in [0.25, 0.3) is 0 Å². The molecule has 0 radical (unpaired) electrons. The number of hydrogen-bond donors (Lipinski definition) is 1. The monoisotopic (exact) mass is 234 g/mol. The van der Waals surface area contributed by atoms with Gasteiger partial charge in [-0.05, 0) is 25.1 Å². The minimum Gasteiger partial charge on any atom is -0.479 e. The van der Waals surface area contributed by atoms with Gasteiger partial charge in [-0.3, -0.25) is 0 Å². The molecular weight excluding hydrogens is 220 g/mol. The number of rotatable bonds is 4. The molecule has 0 aliphatic carbocycles. The lowest BCUT2D eigenvalue weighted by Crippen LogP contribution is -2.04. The van der Waals surface area contributed by atoms with Crippen molar-refractivity contribution in [3.8, 4) is 5.88 Å². The van der Waals surface area contributed by atoms with Crippen molar-refractivity contribution in [2.24, 2.45) is 0 Å². The van der Waals surface area contributed by atoms with E-state index in [2.05, 4.69) is 20.4 Å². The lowest BCUT2D eigenvalue weighted by Gasteiger charge is -2.03. The molecule has 17 heavy (non-hydrogen) atoms. The number of nitrogens with zero attached hydrogens (tertiary/aromatic N) is 3. The van der Waals surface area contributed by atoms with Crippen LogP contribution in [-0.2, 0) is 6.54 Å². The van der Waals surface area contributed by atoms with Gasteiger partial charge in [-0.15, -0.1) is 0 Å². The van der Waals surface area contributed by atoms with Crippen molar-refractivity contribution in [1.29, 1.82) is 0 Å². The summed E-state index contributed by atoms with van der Waals surface area (Å²) in [7, 11) is 1.54. The maximum atomic E-state index is 5.04. The summed E-state index contributed by atoms with van der Waals surface area (Å²) in [5.74, 6) is 1.71. The summed E-state index contributed by atoms with van der Waals surface area (Å²) < 4.78 is 9.97. The summed E-state index contributed by atoms with van der Waals surface area (Å²) in [4.78, 5) is 8.52. The van der Waals surface area contributed by atoms with Gasteiger partial charge in [-0.25, -0.2) is 9.97 Å². The van der Waals surface area contributed by atoms with Crippen molar-refractivity contribution in [3.05, 3.63) is 29.3 Å². The van der Waals surface area contributed by atoms with E-state index in [9.17, 15) is 0 Å². The van der Waals surface area contributed by atoms with E-state index in [0.717, 1.165) is 11.4 Å². The van der Waals surface area contributed by atoms with Crippen molar-refractivity contribution in [2.45, 2.75) is 20.4 Å². The predicted octanol–water partition coefficient (Wildman–Crippen LogP) is 1.70. The zero-order valence-corrected chi connectivity index (χ0v) is 10.0. The van der Waals surface area contributed by atoms with Crippen molar-refractivity contribution >= 4 is 5.95 Å². The highest BCUT2D eigenvalue weighted by Gasteiger charge is 2.05. The number of methoxy groups -OCH3 is 1. The number of anilines is 1. The second-order valence-electron chi connectivity index (χ2n) is 3.66. The minimum absolute atomic E-state index is 0.461. The SMILES string of the molecule is COc1cc(CNc2nc(C)cc(C)n2)on1. The molecule has 6 heteroatoms. The van der Waals surface area contributed by atoms with E-state index in [-0.39, 0.29) is 0 Å². The molecule has 0 spiro atoms. The largest absolute Gasteiger partial charge is 0.479 e. The Balaban J connectivity index is 2.01. The summed E-state index contributed by atoms with van der Waals surface area (Å²) in [5.41, 5.74) is 1.85. The third-order valence-electron chi connectivity index (χ3n) is 2.15. The zero-order chi connectivity index (χ0) is 12.3. The van der Waals surface area contributed by atoms with Gasteiger partial charge < -0.3 is 14.6 Å². The first-order valence-electron chi connectivity index (χ1n) is 5.23. The smallest absolute Gasteiger partial charge is 0.254 e. The molecule has 0 aliphatic heterocycles. The minimum atomic E-state index is 0.461. The van der Waals surface area contributed by atoms with E-state index < -0.39 is 0 Å². The van der Waals surface area contributed by atoms with Crippen LogP contribution in [0.1, 0.15) is 17.1 Å². The number of hydrogen-bond acceptors (Lipinski definition) is 6. The predicted molar refractivity (Wildman–Crippen MR) is 61.9 cm³/mol. The fraction of sp³-hybridized carbons (Fsp3) is 0.364. The molecular formula is C11H14N4O2. The molecule has 6 nitrogen and oxygen atoms in total. The first kappa shape index (κ1) is 11.4.